The summed E-state index contributed by atoms with van der Waals surface area (Å²) in [6.07, 6.45) is -0.243. The van der Waals surface area contributed by atoms with Gasteiger partial charge in [-0.2, -0.15) is 0 Å². The Balaban J connectivity index is 2.23. The molecular formula is C14H12BrCl2NO. The summed E-state index contributed by atoms with van der Waals surface area (Å²) in [5, 5.41) is 1.07. The Kier molecular flexibility index (Phi) is 5.11. The Labute approximate surface area is 130 Å². The second-order valence-electron chi connectivity index (χ2n) is 4.00. The van der Waals surface area contributed by atoms with E-state index in [1.807, 2.05) is 24.3 Å². The molecule has 19 heavy (non-hydrogen) atoms. The fourth-order valence-corrected chi connectivity index (χ4v) is 2.64. The highest BCUT2D eigenvalue weighted by atomic mass is 79.9. The summed E-state index contributed by atoms with van der Waals surface area (Å²) in [6, 6.07) is 12.9. The molecular weight excluding hydrogens is 349 g/mol. The van der Waals surface area contributed by atoms with E-state index in [-0.39, 0.29) is 6.10 Å². The van der Waals surface area contributed by atoms with Gasteiger partial charge in [0, 0.05) is 21.1 Å². The zero-order valence-corrected chi connectivity index (χ0v) is 13.0. The van der Waals surface area contributed by atoms with Crippen LogP contribution in [0.1, 0.15) is 11.7 Å². The quantitative estimate of drug-likeness (QED) is 0.846. The predicted molar refractivity (Wildman–Crippen MR) is 83.0 cm³/mol. The maximum Gasteiger partial charge on any atom is 0.136 e. The van der Waals surface area contributed by atoms with Crippen LogP contribution in [0.3, 0.4) is 0 Å². The molecule has 2 aromatic rings. The third kappa shape index (κ3) is 4.11. The van der Waals surface area contributed by atoms with Gasteiger partial charge in [0.05, 0.1) is 0 Å². The molecule has 0 radical (unpaired) electrons. The van der Waals surface area contributed by atoms with Gasteiger partial charge in [0.1, 0.15) is 11.9 Å². The zero-order chi connectivity index (χ0) is 13.8. The summed E-state index contributed by atoms with van der Waals surface area (Å²) in [6.45, 7) is 0.362. The molecule has 1 unspecified atom stereocenters. The third-order valence-corrected chi connectivity index (χ3v) is 3.48. The van der Waals surface area contributed by atoms with Crippen molar-refractivity contribution in [3.63, 3.8) is 0 Å². The highest BCUT2D eigenvalue weighted by molar-refractivity contribution is 9.10. The van der Waals surface area contributed by atoms with Gasteiger partial charge in [-0.1, -0.05) is 51.3 Å². The molecule has 0 fully saturated rings. The van der Waals surface area contributed by atoms with Crippen molar-refractivity contribution in [3.8, 4) is 5.75 Å². The summed E-state index contributed by atoms with van der Waals surface area (Å²) >= 11 is 15.3. The molecule has 0 saturated carbocycles. The van der Waals surface area contributed by atoms with Gasteiger partial charge in [0.15, 0.2) is 0 Å². The lowest BCUT2D eigenvalue weighted by molar-refractivity contribution is 0.214. The Hall–Kier alpha value is -0.740. The minimum Gasteiger partial charge on any atom is -0.484 e. The summed E-state index contributed by atoms with van der Waals surface area (Å²) in [5.41, 5.74) is 6.77. The van der Waals surface area contributed by atoms with Crippen molar-refractivity contribution in [2.24, 2.45) is 5.73 Å². The van der Waals surface area contributed by atoms with Crippen LogP contribution >= 0.6 is 39.1 Å². The molecule has 0 amide bonds. The van der Waals surface area contributed by atoms with Crippen molar-refractivity contribution >= 4 is 39.1 Å². The van der Waals surface area contributed by atoms with E-state index in [2.05, 4.69) is 15.9 Å². The first-order valence-corrected chi connectivity index (χ1v) is 7.21. The fourth-order valence-electron chi connectivity index (χ4n) is 1.72. The summed E-state index contributed by atoms with van der Waals surface area (Å²) in [5.74, 6) is 0.605. The molecule has 5 heteroatoms. The topological polar surface area (TPSA) is 35.2 Å². The van der Waals surface area contributed by atoms with Crippen molar-refractivity contribution in [2.75, 3.05) is 6.54 Å². The maximum absolute atomic E-state index is 5.94. The Morgan fingerprint density at radius 2 is 1.79 bits per heavy atom. The Bertz CT molecular complexity index is 557. The molecule has 100 valence electrons. The van der Waals surface area contributed by atoms with Crippen LogP contribution in [0.15, 0.2) is 46.9 Å². The first-order chi connectivity index (χ1) is 9.08. The fraction of sp³-hybridized carbons (Fsp3) is 0.143. The van der Waals surface area contributed by atoms with Crippen molar-refractivity contribution in [2.45, 2.75) is 6.10 Å². The summed E-state index contributed by atoms with van der Waals surface area (Å²) in [4.78, 5) is 0. The molecule has 0 bridgehead atoms. The van der Waals surface area contributed by atoms with E-state index < -0.39 is 0 Å². The Morgan fingerprint density at radius 1 is 1.11 bits per heavy atom. The highest BCUT2D eigenvalue weighted by Crippen LogP contribution is 2.28. The van der Waals surface area contributed by atoms with Gasteiger partial charge in [-0.05, 0) is 35.9 Å². The lowest BCUT2D eigenvalue weighted by Gasteiger charge is -2.18. The lowest BCUT2D eigenvalue weighted by atomic mass is 10.1. The smallest absolute Gasteiger partial charge is 0.136 e. The Morgan fingerprint density at radius 3 is 2.37 bits per heavy atom. The average Bonchev–Trinajstić information content (AvgIpc) is 2.34. The van der Waals surface area contributed by atoms with Gasteiger partial charge in [-0.3, -0.25) is 0 Å². The normalized spacial score (nSPS) is 12.2. The van der Waals surface area contributed by atoms with Crippen LogP contribution < -0.4 is 10.5 Å². The van der Waals surface area contributed by atoms with E-state index in [0.717, 1.165) is 10.0 Å². The molecule has 2 aromatic carbocycles. The molecule has 0 aliphatic heterocycles. The van der Waals surface area contributed by atoms with E-state index in [1.165, 1.54) is 0 Å². The minimum absolute atomic E-state index is 0.243. The number of nitrogens with two attached hydrogens (primary N) is 1. The zero-order valence-electron chi connectivity index (χ0n) is 9.95. The molecule has 0 heterocycles. The molecule has 2 nitrogen and oxygen atoms in total. The number of rotatable bonds is 4. The van der Waals surface area contributed by atoms with Gasteiger partial charge in [-0.25, -0.2) is 0 Å². The first kappa shape index (κ1) is 14.7. The molecule has 2 N–H and O–H groups in total. The lowest BCUT2D eigenvalue weighted by Crippen LogP contribution is -2.18. The molecule has 0 aliphatic carbocycles. The molecule has 0 aliphatic rings. The van der Waals surface area contributed by atoms with Crippen LogP contribution in [-0.4, -0.2) is 6.54 Å². The van der Waals surface area contributed by atoms with E-state index in [4.69, 9.17) is 33.7 Å². The van der Waals surface area contributed by atoms with Crippen LogP contribution in [-0.2, 0) is 0 Å². The van der Waals surface area contributed by atoms with Crippen molar-refractivity contribution in [1.29, 1.82) is 0 Å². The second kappa shape index (κ2) is 6.62. The van der Waals surface area contributed by atoms with Gasteiger partial charge >= 0.3 is 0 Å². The van der Waals surface area contributed by atoms with Crippen molar-refractivity contribution in [1.82, 2.24) is 0 Å². The van der Waals surface area contributed by atoms with Gasteiger partial charge in [-0.15, -0.1) is 0 Å². The monoisotopic (exact) mass is 359 g/mol. The highest BCUT2D eigenvalue weighted by Gasteiger charge is 2.12. The first-order valence-electron chi connectivity index (χ1n) is 5.67. The van der Waals surface area contributed by atoms with Crippen LogP contribution in [0.25, 0.3) is 0 Å². The number of halogens is 3. The van der Waals surface area contributed by atoms with Gasteiger partial charge in [0.25, 0.3) is 0 Å². The number of ether oxygens (including phenoxy) is 1. The molecule has 0 aromatic heterocycles. The van der Waals surface area contributed by atoms with Crippen LogP contribution in [0.4, 0.5) is 0 Å². The number of hydrogen-bond donors (Lipinski definition) is 1. The maximum atomic E-state index is 5.94. The second-order valence-corrected chi connectivity index (χ2v) is 5.79. The van der Waals surface area contributed by atoms with Crippen LogP contribution in [0.5, 0.6) is 5.75 Å². The minimum atomic E-state index is -0.243. The number of hydrogen-bond acceptors (Lipinski definition) is 2. The van der Waals surface area contributed by atoms with Gasteiger partial charge in [0.2, 0.25) is 0 Å². The third-order valence-electron chi connectivity index (χ3n) is 2.55. The standard InChI is InChI=1S/C14H12BrCl2NO/c15-10-3-1-2-9(4-10)14(8-18)19-13-6-11(16)5-12(17)7-13/h1-7,14H,8,18H2. The molecule has 0 saturated heterocycles. The summed E-state index contributed by atoms with van der Waals surface area (Å²) < 4.78 is 6.83. The van der Waals surface area contributed by atoms with E-state index in [9.17, 15) is 0 Å². The number of benzene rings is 2. The molecule has 2 rings (SSSR count). The molecule has 0 spiro atoms. The van der Waals surface area contributed by atoms with E-state index in [1.54, 1.807) is 18.2 Å². The van der Waals surface area contributed by atoms with Crippen molar-refractivity contribution < 1.29 is 4.74 Å². The summed E-state index contributed by atoms with van der Waals surface area (Å²) in [7, 11) is 0. The SMILES string of the molecule is NCC(Oc1cc(Cl)cc(Cl)c1)c1cccc(Br)c1. The van der Waals surface area contributed by atoms with Crippen LogP contribution in [0.2, 0.25) is 10.0 Å². The van der Waals surface area contributed by atoms with Crippen molar-refractivity contribution in [3.05, 3.63) is 62.5 Å². The van der Waals surface area contributed by atoms with E-state index in [0.29, 0.717) is 22.3 Å². The molecule has 1 atom stereocenters. The van der Waals surface area contributed by atoms with E-state index >= 15 is 0 Å². The predicted octanol–water partition coefficient (Wildman–Crippen LogP) is 4.83. The largest absolute Gasteiger partial charge is 0.484 e. The van der Waals surface area contributed by atoms with Crippen LogP contribution in [0, 0.1) is 0 Å². The average molecular weight is 361 g/mol. The van der Waals surface area contributed by atoms with Gasteiger partial charge < -0.3 is 10.5 Å².